The Morgan fingerprint density at radius 1 is 1.17 bits per heavy atom. The predicted molar refractivity (Wildman–Crippen MR) is 117 cm³/mol. The zero-order chi connectivity index (χ0) is 20.2. The van der Waals surface area contributed by atoms with Gasteiger partial charge in [-0.25, -0.2) is 4.98 Å². The molecule has 0 N–H and O–H groups in total. The first-order valence-electron chi connectivity index (χ1n) is 10.4. The third-order valence-electron chi connectivity index (χ3n) is 5.95. The summed E-state index contributed by atoms with van der Waals surface area (Å²) in [6.45, 7) is 4.16. The van der Waals surface area contributed by atoms with Crippen LogP contribution in [0.5, 0.6) is 0 Å². The summed E-state index contributed by atoms with van der Waals surface area (Å²) in [5.41, 5.74) is 2.64. The highest BCUT2D eigenvalue weighted by Crippen LogP contribution is 2.23. The molecule has 0 radical (unpaired) electrons. The van der Waals surface area contributed by atoms with E-state index >= 15 is 0 Å². The lowest BCUT2D eigenvalue weighted by molar-refractivity contribution is -0.132. The van der Waals surface area contributed by atoms with Gasteiger partial charge in [-0.2, -0.15) is 0 Å². The van der Waals surface area contributed by atoms with Crippen molar-refractivity contribution in [1.29, 1.82) is 0 Å². The van der Waals surface area contributed by atoms with E-state index in [2.05, 4.69) is 36.2 Å². The maximum absolute atomic E-state index is 12.6. The first kappa shape index (κ1) is 19.8. The highest BCUT2D eigenvalue weighted by Gasteiger charge is 2.22. The highest BCUT2D eigenvalue weighted by molar-refractivity contribution is 7.16. The Morgan fingerprint density at radius 3 is 2.69 bits per heavy atom. The van der Waals surface area contributed by atoms with Crippen molar-refractivity contribution in [3.8, 4) is 0 Å². The second-order valence-corrected chi connectivity index (χ2v) is 8.88. The minimum atomic E-state index is -0.0566. The lowest BCUT2D eigenvalue weighted by Crippen LogP contribution is -2.39. The summed E-state index contributed by atoms with van der Waals surface area (Å²) in [4.78, 5) is 32.1. The van der Waals surface area contributed by atoms with Gasteiger partial charge in [0.15, 0.2) is 0 Å². The van der Waals surface area contributed by atoms with Gasteiger partial charge >= 0.3 is 0 Å². The number of carbonyl (C=O) groups excluding carboxylic acids is 1. The van der Waals surface area contributed by atoms with Crippen LogP contribution in [0.25, 0.3) is 10.2 Å². The van der Waals surface area contributed by atoms with Crippen LogP contribution in [0.3, 0.4) is 0 Å². The molecule has 1 aromatic carbocycles. The van der Waals surface area contributed by atoms with Crippen LogP contribution in [0.1, 0.15) is 36.8 Å². The number of nitrogens with zero attached hydrogens (tertiary/aromatic N) is 3. The number of hydrogen-bond donors (Lipinski definition) is 0. The highest BCUT2D eigenvalue weighted by atomic mass is 32.1. The number of thiophene rings is 1. The fourth-order valence-corrected chi connectivity index (χ4v) is 4.75. The summed E-state index contributed by atoms with van der Waals surface area (Å²) < 4.78 is 1.56. The van der Waals surface area contributed by atoms with E-state index in [0.29, 0.717) is 24.3 Å². The summed E-state index contributed by atoms with van der Waals surface area (Å²) in [5.74, 6) is 0.826. The van der Waals surface area contributed by atoms with Gasteiger partial charge in [0, 0.05) is 26.1 Å². The number of piperidine rings is 1. The van der Waals surface area contributed by atoms with E-state index in [-0.39, 0.29) is 11.5 Å². The van der Waals surface area contributed by atoms with Gasteiger partial charge in [0.2, 0.25) is 5.91 Å². The lowest BCUT2D eigenvalue weighted by atomic mass is 9.90. The number of fused-ring (bicyclic) bond motifs is 1. The zero-order valence-corrected chi connectivity index (χ0v) is 17.7. The van der Waals surface area contributed by atoms with Gasteiger partial charge in [-0.1, -0.05) is 29.8 Å². The Balaban J connectivity index is 1.24. The van der Waals surface area contributed by atoms with Crippen molar-refractivity contribution < 1.29 is 4.79 Å². The number of likely N-dealkylation sites (tertiary alicyclic amines) is 1. The van der Waals surface area contributed by atoms with Crippen molar-refractivity contribution in [2.75, 3.05) is 13.1 Å². The van der Waals surface area contributed by atoms with Crippen molar-refractivity contribution in [3.05, 3.63) is 63.5 Å². The summed E-state index contributed by atoms with van der Waals surface area (Å²) in [5, 5.41) is 2.51. The van der Waals surface area contributed by atoms with Crippen molar-refractivity contribution in [2.45, 2.75) is 45.6 Å². The van der Waals surface area contributed by atoms with E-state index in [4.69, 9.17) is 0 Å². The van der Waals surface area contributed by atoms with Gasteiger partial charge in [0.1, 0.15) is 4.83 Å². The maximum Gasteiger partial charge on any atom is 0.262 e. The molecule has 0 unspecified atom stereocenters. The van der Waals surface area contributed by atoms with Crippen molar-refractivity contribution in [1.82, 2.24) is 14.5 Å². The average Bonchev–Trinajstić information content (AvgIpc) is 3.23. The molecule has 1 amide bonds. The molecule has 1 fully saturated rings. The van der Waals surface area contributed by atoms with Crippen LogP contribution in [0, 0.1) is 12.8 Å². The molecule has 1 aliphatic rings. The fraction of sp³-hybridized carbons (Fsp3) is 0.435. The quantitative estimate of drug-likeness (QED) is 0.618. The Morgan fingerprint density at radius 2 is 1.93 bits per heavy atom. The molecule has 0 atom stereocenters. The molecule has 4 rings (SSSR count). The Kier molecular flexibility index (Phi) is 6.09. The number of hydrogen-bond acceptors (Lipinski definition) is 4. The van der Waals surface area contributed by atoms with Gasteiger partial charge in [-0.3, -0.25) is 14.2 Å². The van der Waals surface area contributed by atoms with Crippen LogP contribution in [0.15, 0.2) is 46.8 Å². The zero-order valence-electron chi connectivity index (χ0n) is 16.8. The van der Waals surface area contributed by atoms with Crippen LogP contribution in [0.4, 0.5) is 0 Å². The number of amides is 1. The molecule has 3 heterocycles. The van der Waals surface area contributed by atoms with Gasteiger partial charge in [-0.15, -0.1) is 11.3 Å². The lowest BCUT2D eigenvalue weighted by Gasteiger charge is -2.32. The molecule has 0 aliphatic carbocycles. The van der Waals surface area contributed by atoms with E-state index in [9.17, 15) is 9.59 Å². The molecule has 5 nitrogen and oxygen atoms in total. The summed E-state index contributed by atoms with van der Waals surface area (Å²) in [7, 11) is 0. The Hall–Kier alpha value is -2.47. The summed E-state index contributed by atoms with van der Waals surface area (Å²) in [6.07, 6.45) is 6.35. The molecule has 1 saturated heterocycles. The number of benzene rings is 1. The van der Waals surface area contributed by atoms with E-state index in [1.54, 1.807) is 17.0 Å². The van der Waals surface area contributed by atoms with Gasteiger partial charge < -0.3 is 4.90 Å². The first-order valence-corrected chi connectivity index (χ1v) is 11.2. The van der Waals surface area contributed by atoms with Gasteiger partial charge in [-0.05, 0) is 55.5 Å². The Labute approximate surface area is 175 Å². The smallest absolute Gasteiger partial charge is 0.262 e. The third-order valence-corrected chi connectivity index (χ3v) is 6.77. The molecule has 3 aromatic rings. The van der Waals surface area contributed by atoms with Crippen LogP contribution in [-0.4, -0.2) is 33.4 Å². The molecule has 29 heavy (non-hydrogen) atoms. The Bertz CT molecular complexity index is 1030. The standard InChI is InChI=1S/C23H27N3O2S/c1-17-2-4-18(5-3-17)6-7-19-8-12-25(13-9-19)21(27)10-14-26-16-24-22-20(23(26)28)11-15-29-22/h2-5,11,15-16,19H,6-10,12-14H2,1H3. The third kappa shape index (κ3) is 4.75. The minimum absolute atomic E-state index is 0.0566. The van der Waals surface area contributed by atoms with Crippen LogP contribution in [-0.2, 0) is 17.8 Å². The minimum Gasteiger partial charge on any atom is -0.343 e. The fourth-order valence-electron chi connectivity index (χ4n) is 4.02. The van der Waals surface area contributed by atoms with Crippen LogP contribution >= 0.6 is 11.3 Å². The van der Waals surface area contributed by atoms with Crippen LogP contribution < -0.4 is 5.56 Å². The maximum atomic E-state index is 12.6. The monoisotopic (exact) mass is 409 g/mol. The number of rotatable bonds is 6. The topological polar surface area (TPSA) is 55.2 Å². The SMILES string of the molecule is Cc1ccc(CCC2CCN(C(=O)CCn3cnc4sccc4c3=O)CC2)cc1. The number of aryl methyl sites for hydroxylation is 3. The molecule has 0 spiro atoms. The van der Waals surface area contributed by atoms with Crippen molar-refractivity contribution >= 4 is 27.5 Å². The molecule has 6 heteroatoms. The number of carbonyl (C=O) groups is 1. The normalized spacial score (nSPS) is 15.1. The van der Waals surface area contributed by atoms with E-state index in [1.165, 1.54) is 28.9 Å². The van der Waals surface area contributed by atoms with E-state index in [0.717, 1.165) is 37.2 Å². The first-order chi connectivity index (χ1) is 14.1. The number of aromatic nitrogens is 2. The van der Waals surface area contributed by atoms with E-state index < -0.39 is 0 Å². The molecule has 0 saturated carbocycles. The second kappa shape index (κ2) is 8.91. The van der Waals surface area contributed by atoms with Gasteiger partial charge in [0.05, 0.1) is 11.7 Å². The van der Waals surface area contributed by atoms with Gasteiger partial charge in [0.25, 0.3) is 5.56 Å². The van der Waals surface area contributed by atoms with Crippen molar-refractivity contribution in [2.24, 2.45) is 5.92 Å². The molecule has 1 aliphatic heterocycles. The molecular formula is C23H27N3O2S. The van der Waals surface area contributed by atoms with Crippen LogP contribution in [0.2, 0.25) is 0 Å². The largest absolute Gasteiger partial charge is 0.343 e. The molecular weight excluding hydrogens is 382 g/mol. The summed E-state index contributed by atoms with van der Waals surface area (Å²) in [6, 6.07) is 10.6. The average molecular weight is 410 g/mol. The molecule has 0 bridgehead atoms. The summed E-state index contributed by atoms with van der Waals surface area (Å²) >= 11 is 1.46. The second-order valence-electron chi connectivity index (χ2n) is 7.98. The van der Waals surface area contributed by atoms with E-state index in [1.807, 2.05) is 10.3 Å². The van der Waals surface area contributed by atoms with Crippen molar-refractivity contribution in [3.63, 3.8) is 0 Å². The molecule has 152 valence electrons. The molecule has 2 aromatic heterocycles. The predicted octanol–water partition coefficient (Wildman–Crippen LogP) is 4.03.